The van der Waals surface area contributed by atoms with Crippen LogP contribution in [0.15, 0.2) is 24.3 Å². The number of benzene rings is 1. The third-order valence-corrected chi connectivity index (χ3v) is 4.72. The van der Waals surface area contributed by atoms with E-state index in [2.05, 4.69) is 20.6 Å². The minimum Gasteiger partial charge on any atom is -0.508 e. The molecule has 0 radical (unpaired) electrons. The number of nitrogens with zero attached hydrogens (tertiary/aromatic N) is 4. The molecule has 1 saturated heterocycles. The van der Waals surface area contributed by atoms with Crippen LogP contribution in [0, 0.1) is 0 Å². The van der Waals surface area contributed by atoms with E-state index in [1.165, 1.54) is 11.3 Å². The molecule has 120 valence electrons. The van der Waals surface area contributed by atoms with E-state index in [-0.39, 0.29) is 11.9 Å². The molecule has 1 unspecified atom stereocenters. The Labute approximate surface area is 136 Å². The second-order valence-corrected chi connectivity index (χ2v) is 6.53. The number of fused-ring (bicyclic) bond motifs is 1. The highest BCUT2D eigenvalue weighted by Crippen LogP contribution is 2.21. The average Bonchev–Trinajstić information content (AvgIpc) is 3.26. The maximum atomic E-state index is 9.34. The summed E-state index contributed by atoms with van der Waals surface area (Å²) in [4.78, 5) is 0.772. The summed E-state index contributed by atoms with van der Waals surface area (Å²) in [6.07, 6.45) is 3.13. The number of hydrogen-bond acceptors (Lipinski definition) is 7. The average molecular weight is 331 g/mol. The molecule has 8 heteroatoms. The molecule has 23 heavy (non-hydrogen) atoms. The highest BCUT2D eigenvalue weighted by molar-refractivity contribution is 7.20. The van der Waals surface area contributed by atoms with E-state index >= 15 is 0 Å². The quantitative estimate of drug-likeness (QED) is 0.744. The van der Waals surface area contributed by atoms with Crippen molar-refractivity contribution in [1.29, 1.82) is 0 Å². The summed E-state index contributed by atoms with van der Waals surface area (Å²) in [5, 5.41) is 26.4. The molecule has 2 N–H and O–H groups in total. The topological polar surface area (TPSA) is 84.6 Å². The standard InChI is InChI=1S/C15H17N5O2S/c21-11-5-3-10(4-6-11)8-13-17-18-15-20(13)19-14(23-15)16-9-12-2-1-7-22-12/h3-6,12,21H,1-2,7-9H2,(H,16,19). The minimum absolute atomic E-state index is 0.259. The Balaban J connectivity index is 1.48. The number of nitrogens with one attached hydrogen (secondary N) is 1. The van der Waals surface area contributed by atoms with Crippen molar-refractivity contribution in [2.45, 2.75) is 25.4 Å². The molecule has 2 aromatic heterocycles. The van der Waals surface area contributed by atoms with Crippen molar-refractivity contribution >= 4 is 21.4 Å². The van der Waals surface area contributed by atoms with Gasteiger partial charge in [0.1, 0.15) is 5.75 Å². The van der Waals surface area contributed by atoms with E-state index in [0.717, 1.165) is 47.5 Å². The summed E-state index contributed by atoms with van der Waals surface area (Å²) in [6.45, 7) is 1.63. The van der Waals surface area contributed by atoms with Crippen LogP contribution in [-0.4, -0.2) is 44.2 Å². The molecule has 1 fully saturated rings. The van der Waals surface area contributed by atoms with Crippen molar-refractivity contribution in [3.8, 4) is 5.75 Å². The van der Waals surface area contributed by atoms with Crippen LogP contribution in [0.4, 0.5) is 5.13 Å². The summed E-state index contributed by atoms with van der Waals surface area (Å²) >= 11 is 1.49. The highest BCUT2D eigenvalue weighted by atomic mass is 32.1. The third-order valence-electron chi connectivity index (χ3n) is 3.86. The second-order valence-electron chi connectivity index (χ2n) is 5.58. The fourth-order valence-electron chi connectivity index (χ4n) is 2.64. The van der Waals surface area contributed by atoms with Gasteiger partial charge in [-0.3, -0.25) is 0 Å². The van der Waals surface area contributed by atoms with Crippen LogP contribution in [0.25, 0.3) is 4.96 Å². The third kappa shape index (κ3) is 3.13. The van der Waals surface area contributed by atoms with Crippen molar-refractivity contribution in [2.75, 3.05) is 18.5 Å². The molecule has 1 aliphatic heterocycles. The normalized spacial score (nSPS) is 17.8. The summed E-state index contributed by atoms with van der Waals surface area (Å²) in [5.41, 5.74) is 1.05. The number of phenols is 1. The van der Waals surface area contributed by atoms with Gasteiger partial charge in [0.15, 0.2) is 5.82 Å². The van der Waals surface area contributed by atoms with Gasteiger partial charge in [-0.25, -0.2) is 0 Å². The molecule has 3 aromatic rings. The second kappa shape index (κ2) is 6.13. The van der Waals surface area contributed by atoms with E-state index in [0.29, 0.717) is 6.42 Å². The number of rotatable bonds is 5. The maximum absolute atomic E-state index is 9.34. The Morgan fingerprint density at radius 1 is 1.30 bits per heavy atom. The first-order valence-corrected chi connectivity index (χ1v) is 8.44. The van der Waals surface area contributed by atoms with Crippen molar-refractivity contribution in [3.63, 3.8) is 0 Å². The summed E-state index contributed by atoms with van der Waals surface area (Å²) in [7, 11) is 0. The number of ether oxygens (including phenoxy) is 1. The molecule has 3 heterocycles. The molecular formula is C15H17N5O2S. The van der Waals surface area contributed by atoms with Crippen LogP contribution >= 0.6 is 11.3 Å². The van der Waals surface area contributed by atoms with Crippen molar-refractivity contribution in [2.24, 2.45) is 0 Å². The maximum Gasteiger partial charge on any atom is 0.236 e. The van der Waals surface area contributed by atoms with Gasteiger partial charge < -0.3 is 15.2 Å². The molecule has 1 aromatic carbocycles. The fraction of sp³-hybridized carbons (Fsp3) is 0.400. The van der Waals surface area contributed by atoms with Crippen LogP contribution in [0.1, 0.15) is 24.2 Å². The smallest absolute Gasteiger partial charge is 0.236 e. The molecule has 0 saturated carbocycles. The molecular weight excluding hydrogens is 314 g/mol. The summed E-state index contributed by atoms with van der Waals surface area (Å²) < 4.78 is 7.37. The minimum atomic E-state index is 0.259. The van der Waals surface area contributed by atoms with E-state index in [1.807, 2.05) is 12.1 Å². The lowest BCUT2D eigenvalue weighted by Crippen LogP contribution is -2.18. The SMILES string of the molecule is Oc1ccc(Cc2nnc3sc(NCC4CCCO4)nn23)cc1. The largest absolute Gasteiger partial charge is 0.508 e. The molecule has 1 aliphatic rings. The van der Waals surface area contributed by atoms with Gasteiger partial charge >= 0.3 is 0 Å². The fourth-order valence-corrected chi connectivity index (χ4v) is 3.41. The Kier molecular flexibility index (Phi) is 3.84. The van der Waals surface area contributed by atoms with Gasteiger partial charge in [0.2, 0.25) is 10.1 Å². The van der Waals surface area contributed by atoms with Gasteiger partial charge in [0.05, 0.1) is 6.10 Å². The van der Waals surface area contributed by atoms with Gasteiger partial charge in [-0.15, -0.1) is 15.3 Å². The zero-order chi connectivity index (χ0) is 15.6. The lowest BCUT2D eigenvalue weighted by atomic mass is 10.1. The zero-order valence-electron chi connectivity index (χ0n) is 12.5. The zero-order valence-corrected chi connectivity index (χ0v) is 13.3. The van der Waals surface area contributed by atoms with E-state index in [4.69, 9.17) is 4.74 Å². The Morgan fingerprint density at radius 3 is 2.96 bits per heavy atom. The highest BCUT2D eigenvalue weighted by Gasteiger charge is 2.17. The van der Waals surface area contributed by atoms with Gasteiger partial charge in [-0.2, -0.15) is 4.52 Å². The number of anilines is 1. The van der Waals surface area contributed by atoms with Gasteiger partial charge in [0, 0.05) is 19.6 Å². The van der Waals surface area contributed by atoms with E-state index < -0.39 is 0 Å². The molecule has 0 amide bonds. The molecule has 7 nitrogen and oxygen atoms in total. The number of aromatic nitrogens is 4. The van der Waals surface area contributed by atoms with Crippen molar-refractivity contribution < 1.29 is 9.84 Å². The summed E-state index contributed by atoms with van der Waals surface area (Å²) in [5.74, 6) is 1.04. The molecule has 4 rings (SSSR count). The van der Waals surface area contributed by atoms with Crippen LogP contribution in [0.2, 0.25) is 0 Å². The predicted molar refractivity (Wildman–Crippen MR) is 87.0 cm³/mol. The van der Waals surface area contributed by atoms with Gasteiger partial charge in [0.25, 0.3) is 0 Å². The first-order chi connectivity index (χ1) is 11.3. The molecule has 0 aliphatic carbocycles. The van der Waals surface area contributed by atoms with Crippen LogP contribution in [-0.2, 0) is 11.2 Å². The lowest BCUT2D eigenvalue weighted by Gasteiger charge is -2.08. The predicted octanol–water partition coefficient (Wildman–Crippen LogP) is 2.07. The molecule has 1 atom stereocenters. The Hall–Kier alpha value is -2.19. The Bertz CT molecular complexity index is 792. The molecule has 0 spiro atoms. The first kappa shape index (κ1) is 14.4. The monoisotopic (exact) mass is 331 g/mol. The Morgan fingerprint density at radius 2 is 2.17 bits per heavy atom. The van der Waals surface area contributed by atoms with Gasteiger partial charge in [-0.1, -0.05) is 23.5 Å². The van der Waals surface area contributed by atoms with E-state index in [9.17, 15) is 5.11 Å². The van der Waals surface area contributed by atoms with Crippen LogP contribution < -0.4 is 5.32 Å². The summed E-state index contributed by atoms with van der Waals surface area (Å²) in [6, 6.07) is 7.09. The first-order valence-electron chi connectivity index (χ1n) is 7.62. The number of hydrogen-bond donors (Lipinski definition) is 2. The van der Waals surface area contributed by atoms with Crippen LogP contribution in [0.5, 0.6) is 5.75 Å². The van der Waals surface area contributed by atoms with Crippen LogP contribution in [0.3, 0.4) is 0 Å². The molecule has 0 bridgehead atoms. The number of phenolic OH excluding ortho intramolecular Hbond substituents is 1. The number of aromatic hydroxyl groups is 1. The van der Waals surface area contributed by atoms with Gasteiger partial charge in [-0.05, 0) is 30.5 Å². The lowest BCUT2D eigenvalue weighted by molar-refractivity contribution is 0.120. The van der Waals surface area contributed by atoms with E-state index in [1.54, 1.807) is 16.6 Å². The van der Waals surface area contributed by atoms with Crippen molar-refractivity contribution in [1.82, 2.24) is 19.8 Å². The van der Waals surface area contributed by atoms with Crippen molar-refractivity contribution in [3.05, 3.63) is 35.7 Å².